The van der Waals surface area contributed by atoms with Crippen LogP contribution in [0.15, 0.2) is 47.2 Å². The number of nitrogens with zero attached hydrogens (tertiary/aromatic N) is 5. The van der Waals surface area contributed by atoms with Crippen LogP contribution in [0.25, 0.3) is 17.3 Å². The second-order valence-corrected chi connectivity index (χ2v) is 8.99. The maximum atomic E-state index is 12.9. The van der Waals surface area contributed by atoms with Crippen LogP contribution in [0.4, 0.5) is 0 Å². The molecule has 0 aliphatic carbocycles. The molecule has 4 aromatic rings. The van der Waals surface area contributed by atoms with E-state index >= 15 is 0 Å². The van der Waals surface area contributed by atoms with Crippen LogP contribution in [0.3, 0.4) is 0 Å². The van der Waals surface area contributed by atoms with E-state index in [0.717, 1.165) is 5.56 Å². The van der Waals surface area contributed by atoms with Crippen molar-refractivity contribution >= 4 is 5.91 Å². The Morgan fingerprint density at radius 3 is 2.54 bits per heavy atom. The summed E-state index contributed by atoms with van der Waals surface area (Å²) in [5.41, 5.74) is 2.40. The number of hydrogen-bond donors (Lipinski definition) is 1. The van der Waals surface area contributed by atoms with Crippen molar-refractivity contribution < 1.29 is 18.8 Å². The molecule has 182 valence electrons. The lowest BCUT2D eigenvalue weighted by molar-refractivity contribution is 0.0950. The van der Waals surface area contributed by atoms with Gasteiger partial charge in [0.25, 0.3) is 11.8 Å². The number of amides is 1. The number of methoxy groups -OCH3 is 2. The van der Waals surface area contributed by atoms with Crippen LogP contribution in [0.1, 0.15) is 48.2 Å². The van der Waals surface area contributed by atoms with Gasteiger partial charge in [0, 0.05) is 23.7 Å². The number of hydrogen-bond acceptors (Lipinski definition) is 8. The molecule has 0 bridgehead atoms. The molecule has 3 aromatic heterocycles. The number of aromatic nitrogens is 5. The summed E-state index contributed by atoms with van der Waals surface area (Å²) in [6.07, 6.45) is 3.17. The van der Waals surface area contributed by atoms with Gasteiger partial charge < -0.3 is 19.3 Å². The summed E-state index contributed by atoms with van der Waals surface area (Å²) in [6.45, 7) is 8.15. The highest BCUT2D eigenvalue weighted by Crippen LogP contribution is 2.25. The van der Waals surface area contributed by atoms with Crippen molar-refractivity contribution in [2.75, 3.05) is 14.2 Å². The van der Waals surface area contributed by atoms with Crippen LogP contribution >= 0.6 is 0 Å². The van der Waals surface area contributed by atoms with E-state index in [1.54, 1.807) is 43.3 Å². The van der Waals surface area contributed by atoms with Gasteiger partial charge in [0.1, 0.15) is 11.5 Å². The Hall–Kier alpha value is -4.21. The van der Waals surface area contributed by atoms with E-state index in [2.05, 4.69) is 25.5 Å². The molecule has 0 atom stereocenters. The van der Waals surface area contributed by atoms with Crippen molar-refractivity contribution in [1.29, 1.82) is 0 Å². The molecule has 0 unspecified atom stereocenters. The van der Waals surface area contributed by atoms with Gasteiger partial charge in [0.15, 0.2) is 11.6 Å². The largest absolute Gasteiger partial charge is 0.497 e. The average molecular weight is 477 g/mol. The number of carbonyl (C=O) groups excluding carboxylic acids is 1. The number of carbonyl (C=O) groups is 1. The highest BCUT2D eigenvalue weighted by Gasteiger charge is 2.22. The first kappa shape index (κ1) is 23.9. The topological polar surface area (TPSA) is 117 Å². The second kappa shape index (κ2) is 9.57. The molecule has 1 aromatic carbocycles. The van der Waals surface area contributed by atoms with Crippen LogP contribution in [-0.4, -0.2) is 45.0 Å². The Morgan fingerprint density at radius 1 is 1.11 bits per heavy atom. The van der Waals surface area contributed by atoms with Crippen LogP contribution in [0.5, 0.6) is 11.5 Å². The van der Waals surface area contributed by atoms with Gasteiger partial charge in [0.05, 0.1) is 37.2 Å². The Balaban J connectivity index is 1.49. The molecule has 10 heteroatoms. The lowest BCUT2D eigenvalue weighted by Gasteiger charge is -2.11. The number of pyridine rings is 1. The average Bonchev–Trinajstić information content (AvgIpc) is 3.50. The van der Waals surface area contributed by atoms with Gasteiger partial charge in [-0.15, -0.1) is 0 Å². The van der Waals surface area contributed by atoms with Gasteiger partial charge in [-0.25, -0.2) is 9.67 Å². The predicted molar refractivity (Wildman–Crippen MR) is 129 cm³/mol. The lowest BCUT2D eigenvalue weighted by Crippen LogP contribution is -2.23. The molecule has 35 heavy (non-hydrogen) atoms. The summed E-state index contributed by atoms with van der Waals surface area (Å²) >= 11 is 0. The fraction of sp³-hybridized carbons (Fsp3) is 0.320. The fourth-order valence-corrected chi connectivity index (χ4v) is 3.44. The quantitative estimate of drug-likeness (QED) is 0.427. The van der Waals surface area contributed by atoms with E-state index in [9.17, 15) is 4.79 Å². The van der Waals surface area contributed by atoms with Gasteiger partial charge in [0.2, 0.25) is 0 Å². The molecular formula is C25H28N6O4. The Morgan fingerprint density at radius 2 is 1.91 bits per heavy atom. The molecule has 1 N–H and O–H groups in total. The predicted octanol–water partition coefficient (Wildman–Crippen LogP) is 3.87. The smallest absolute Gasteiger partial charge is 0.259 e. The van der Waals surface area contributed by atoms with Crippen molar-refractivity contribution in [2.45, 2.75) is 39.7 Å². The molecule has 3 heterocycles. The van der Waals surface area contributed by atoms with Gasteiger partial charge in [-0.3, -0.25) is 4.79 Å². The SMILES string of the molecule is COc1ccc(OC)c(CNC(=O)c2cnn(-c3ccc(-c4nc(C(C)(C)C)no4)cn3)c2C)c1. The summed E-state index contributed by atoms with van der Waals surface area (Å²) in [6, 6.07) is 9.06. The molecule has 0 spiro atoms. The van der Waals surface area contributed by atoms with Crippen molar-refractivity contribution in [3.63, 3.8) is 0 Å². The van der Waals surface area contributed by atoms with E-state index in [1.807, 2.05) is 39.8 Å². The lowest BCUT2D eigenvalue weighted by atomic mass is 9.96. The van der Waals surface area contributed by atoms with Crippen LogP contribution < -0.4 is 14.8 Å². The summed E-state index contributed by atoms with van der Waals surface area (Å²) in [5, 5.41) is 11.3. The first-order chi connectivity index (χ1) is 16.7. The normalized spacial score (nSPS) is 11.4. The van der Waals surface area contributed by atoms with Gasteiger partial charge >= 0.3 is 0 Å². The number of rotatable bonds is 7. The van der Waals surface area contributed by atoms with Crippen LogP contribution in [0.2, 0.25) is 0 Å². The summed E-state index contributed by atoms with van der Waals surface area (Å²) < 4.78 is 17.6. The Bertz CT molecular complexity index is 1330. The summed E-state index contributed by atoms with van der Waals surface area (Å²) in [4.78, 5) is 21.8. The zero-order valence-electron chi connectivity index (χ0n) is 20.6. The van der Waals surface area contributed by atoms with Crippen LogP contribution in [-0.2, 0) is 12.0 Å². The van der Waals surface area contributed by atoms with Crippen molar-refractivity contribution in [2.24, 2.45) is 0 Å². The molecule has 0 saturated heterocycles. The molecule has 4 rings (SSSR count). The Labute approximate surface area is 203 Å². The van der Waals surface area contributed by atoms with E-state index < -0.39 is 0 Å². The zero-order chi connectivity index (χ0) is 25.2. The molecular weight excluding hydrogens is 448 g/mol. The van der Waals surface area contributed by atoms with E-state index in [4.69, 9.17) is 14.0 Å². The van der Waals surface area contributed by atoms with Crippen molar-refractivity contribution in [3.05, 3.63) is 65.4 Å². The highest BCUT2D eigenvalue weighted by molar-refractivity contribution is 5.95. The standard InChI is InChI=1S/C25H28N6O4/c1-15-19(22(32)27-13-17-11-18(33-5)8-9-20(17)34-6)14-28-31(15)21-10-7-16(12-26-21)23-29-24(30-35-23)25(2,3)4/h7-12,14H,13H2,1-6H3,(H,27,32). The first-order valence-electron chi connectivity index (χ1n) is 11.1. The maximum Gasteiger partial charge on any atom is 0.259 e. The molecule has 0 fully saturated rings. The monoisotopic (exact) mass is 476 g/mol. The van der Waals surface area contributed by atoms with E-state index in [1.165, 1.54) is 6.20 Å². The summed E-state index contributed by atoms with van der Waals surface area (Å²) in [5.74, 6) is 2.69. The van der Waals surface area contributed by atoms with Crippen molar-refractivity contribution in [1.82, 2.24) is 30.2 Å². The molecule has 0 saturated carbocycles. The van der Waals surface area contributed by atoms with Crippen molar-refractivity contribution in [3.8, 4) is 28.8 Å². The molecule has 0 radical (unpaired) electrons. The fourth-order valence-electron chi connectivity index (χ4n) is 3.44. The third kappa shape index (κ3) is 5.01. The van der Waals surface area contributed by atoms with Gasteiger partial charge in [-0.1, -0.05) is 25.9 Å². The zero-order valence-corrected chi connectivity index (χ0v) is 20.6. The first-order valence-corrected chi connectivity index (χ1v) is 11.1. The van der Waals surface area contributed by atoms with E-state index in [0.29, 0.717) is 45.9 Å². The second-order valence-electron chi connectivity index (χ2n) is 8.99. The molecule has 0 aliphatic rings. The number of benzene rings is 1. The molecule has 0 aliphatic heterocycles. The molecule has 10 nitrogen and oxygen atoms in total. The van der Waals surface area contributed by atoms with Crippen LogP contribution in [0, 0.1) is 6.92 Å². The Kier molecular flexibility index (Phi) is 6.54. The highest BCUT2D eigenvalue weighted by atomic mass is 16.5. The number of nitrogens with one attached hydrogen (secondary N) is 1. The minimum Gasteiger partial charge on any atom is -0.497 e. The number of ether oxygens (including phenoxy) is 2. The van der Waals surface area contributed by atoms with Gasteiger partial charge in [-0.2, -0.15) is 10.1 Å². The maximum absolute atomic E-state index is 12.9. The minimum absolute atomic E-state index is 0.212. The summed E-state index contributed by atoms with van der Waals surface area (Å²) in [7, 11) is 3.18. The van der Waals surface area contributed by atoms with E-state index in [-0.39, 0.29) is 17.9 Å². The third-order valence-corrected chi connectivity index (χ3v) is 5.49. The van der Waals surface area contributed by atoms with Gasteiger partial charge in [-0.05, 0) is 37.3 Å². The third-order valence-electron chi connectivity index (χ3n) is 5.49. The molecule has 1 amide bonds. The minimum atomic E-state index is -0.254.